The number of hydrogen-bond donors (Lipinski definition) is 2. The highest BCUT2D eigenvalue weighted by Gasteiger charge is 2.16. The fourth-order valence-electron chi connectivity index (χ4n) is 2.70. The molecule has 0 saturated carbocycles. The van der Waals surface area contributed by atoms with E-state index in [0.29, 0.717) is 27.4 Å². The Bertz CT molecular complexity index is 1240. The number of aromatic nitrogens is 3. The molecule has 0 saturated heterocycles. The Morgan fingerprint density at radius 2 is 1.83 bits per heavy atom. The fourth-order valence-corrected chi connectivity index (χ4v) is 4.81. The summed E-state index contributed by atoms with van der Waals surface area (Å²) in [5.74, 6) is 0.650. The Balaban J connectivity index is 1.50. The van der Waals surface area contributed by atoms with Crippen molar-refractivity contribution in [1.29, 1.82) is 0 Å². The molecule has 0 fully saturated rings. The number of hydrogen-bond acceptors (Lipinski definition) is 5. The van der Waals surface area contributed by atoms with E-state index in [0.717, 1.165) is 16.8 Å². The second-order valence-electron chi connectivity index (χ2n) is 6.15. The first-order valence-corrected chi connectivity index (χ1v) is 11.5. The number of nitrogens with zero attached hydrogens (tertiary/aromatic N) is 2. The van der Waals surface area contributed by atoms with Crippen LogP contribution in [0.1, 0.15) is 11.3 Å². The number of imidazole rings is 1. The molecular formula is C19H14Cl2N4O2S2. The predicted octanol–water partition coefficient (Wildman–Crippen LogP) is 5.23. The summed E-state index contributed by atoms with van der Waals surface area (Å²) >= 11 is 13.2. The highest BCUT2D eigenvalue weighted by Crippen LogP contribution is 2.25. The topological polar surface area (TPSA) is 87.7 Å². The van der Waals surface area contributed by atoms with Crippen LogP contribution in [0.2, 0.25) is 10.0 Å². The molecule has 2 heterocycles. The van der Waals surface area contributed by atoms with Gasteiger partial charge in [-0.1, -0.05) is 29.3 Å². The van der Waals surface area contributed by atoms with Gasteiger partial charge in [0.1, 0.15) is 5.82 Å². The van der Waals surface area contributed by atoms with Gasteiger partial charge in [0.25, 0.3) is 10.0 Å². The number of anilines is 1. The lowest BCUT2D eigenvalue weighted by molar-refractivity contribution is 0.601. The lowest BCUT2D eigenvalue weighted by atomic mass is 10.1. The number of nitrogens with one attached hydrogen (secondary N) is 2. The Labute approximate surface area is 181 Å². The van der Waals surface area contributed by atoms with Gasteiger partial charge in [0.15, 0.2) is 5.13 Å². The molecule has 6 nitrogen and oxygen atoms in total. The Kier molecular flexibility index (Phi) is 5.60. The molecule has 0 bridgehead atoms. The normalized spacial score (nSPS) is 11.5. The van der Waals surface area contributed by atoms with Gasteiger partial charge in [-0.05, 0) is 42.0 Å². The van der Waals surface area contributed by atoms with E-state index in [-0.39, 0.29) is 4.90 Å². The van der Waals surface area contributed by atoms with Crippen molar-refractivity contribution >= 4 is 49.7 Å². The average Bonchev–Trinajstić information content (AvgIpc) is 3.37. The maximum Gasteiger partial charge on any atom is 0.263 e. The summed E-state index contributed by atoms with van der Waals surface area (Å²) in [7, 11) is -3.68. The number of benzene rings is 2. The quantitative estimate of drug-likeness (QED) is 0.408. The molecule has 0 aliphatic carbocycles. The van der Waals surface area contributed by atoms with Crippen LogP contribution in [-0.4, -0.2) is 23.4 Å². The lowest BCUT2D eigenvalue weighted by Crippen LogP contribution is -2.12. The number of sulfonamides is 1. The number of aromatic amines is 1. The lowest BCUT2D eigenvalue weighted by Gasteiger charge is -2.06. The van der Waals surface area contributed by atoms with Crippen LogP contribution < -0.4 is 4.72 Å². The molecule has 0 aliphatic heterocycles. The highest BCUT2D eigenvalue weighted by atomic mass is 35.5. The second kappa shape index (κ2) is 8.16. The molecule has 10 heteroatoms. The Morgan fingerprint density at radius 1 is 1.03 bits per heavy atom. The van der Waals surface area contributed by atoms with E-state index in [4.69, 9.17) is 23.2 Å². The molecular weight excluding hydrogens is 451 g/mol. The smallest absolute Gasteiger partial charge is 0.263 e. The maximum absolute atomic E-state index is 12.4. The van der Waals surface area contributed by atoms with Gasteiger partial charge in [-0.2, -0.15) is 0 Å². The van der Waals surface area contributed by atoms with Crippen LogP contribution in [0, 0.1) is 0 Å². The first-order chi connectivity index (χ1) is 13.9. The van der Waals surface area contributed by atoms with E-state index >= 15 is 0 Å². The highest BCUT2D eigenvalue weighted by molar-refractivity contribution is 7.93. The fraction of sp³-hybridized carbons (Fsp3) is 0.0526. The van der Waals surface area contributed by atoms with Crippen LogP contribution in [0.3, 0.4) is 0 Å². The molecule has 0 unspecified atom stereocenters. The van der Waals surface area contributed by atoms with Gasteiger partial charge in [-0.3, -0.25) is 4.72 Å². The third kappa shape index (κ3) is 4.62. The standard InChI is InChI=1S/C19H14Cl2N4O2S2/c20-16-6-1-12(10-17(16)21)9-14-11-23-18(24-14)13-2-4-15(5-3-13)29(26,27)25-19-22-7-8-28-19/h1-8,10-11H,9H2,(H,22,25)(H,23,24). The van der Waals surface area contributed by atoms with Crippen LogP contribution in [0.4, 0.5) is 5.13 Å². The van der Waals surface area contributed by atoms with E-state index in [9.17, 15) is 8.42 Å². The zero-order chi connectivity index (χ0) is 20.4. The maximum atomic E-state index is 12.4. The van der Waals surface area contributed by atoms with Crippen molar-refractivity contribution in [2.24, 2.45) is 0 Å². The Hall–Kier alpha value is -2.39. The predicted molar refractivity (Wildman–Crippen MR) is 116 cm³/mol. The van der Waals surface area contributed by atoms with E-state index in [2.05, 4.69) is 19.7 Å². The van der Waals surface area contributed by atoms with Crippen molar-refractivity contribution in [1.82, 2.24) is 15.0 Å². The molecule has 0 atom stereocenters. The van der Waals surface area contributed by atoms with Crippen molar-refractivity contribution in [3.05, 3.63) is 81.5 Å². The van der Waals surface area contributed by atoms with Crippen LogP contribution >= 0.6 is 34.5 Å². The SMILES string of the molecule is O=S(=O)(Nc1nccs1)c1ccc(-c2ncc(Cc3ccc(Cl)c(Cl)c3)[nH]2)cc1. The average molecular weight is 465 g/mol. The van der Waals surface area contributed by atoms with Crippen molar-refractivity contribution in [3.63, 3.8) is 0 Å². The third-order valence-corrected chi connectivity index (χ3v) is 7.01. The van der Waals surface area contributed by atoms with Crippen LogP contribution in [-0.2, 0) is 16.4 Å². The van der Waals surface area contributed by atoms with Crippen molar-refractivity contribution in [2.45, 2.75) is 11.3 Å². The summed E-state index contributed by atoms with van der Waals surface area (Å²) in [6.07, 6.45) is 3.90. The first-order valence-electron chi connectivity index (χ1n) is 8.41. The molecule has 29 heavy (non-hydrogen) atoms. The van der Waals surface area contributed by atoms with Crippen molar-refractivity contribution in [2.75, 3.05) is 4.72 Å². The minimum atomic E-state index is -3.68. The molecule has 2 N–H and O–H groups in total. The largest absolute Gasteiger partial charge is 0.342 e. The van der Waals surface area contributed by atoms with Crippen molar-refractivity contribution < 1.29 is 8.42 Å². The molecule has 0 amide bonds. The second-order valence-corrected chi connectivity index (χ2v) is 9.54. The molecule has 2 aromatic carbocycles. The number of halogens is 2. The van der Waals surface area contributed by atoms with Gasteiger partial charge in [0, 0.05) is 35.5 Å². The number of thiazole rings is 1. The van der Waals surface area contributed by atoms with Crippen molar-refractivity contribution in [3.8, 4) is 11.4 Å². The van der Waals surface area contributed by atoms with E-state index in [1.165, 1.54) is 29.7 Å². The molecule has 4 aromatic rings. The van der Waals surface area contributed by atoms with E-state index in [1.807, 2.05) is 12.1 Å². The minimum Gasteiger partial charge on any atom is -0.342 e. The van der Waals surface area contributed by atoms with Crippen LogP contribution in [0.15, 0.2) is 65.1 Å². The molecule has 0 spiro atoms. The summed E-state index contributed by atoms with van der Waals surface area (Å²) < 4.78 is 27.3. The van der Waals surface area contributed by atoms with Gasteiger partial charge >= 0.3 is 0 Å². The summed E-state index contributed by atoms with van der Waals surface area (Å²) in [4.78, 5) is 11.7. The summed E-state index contributed by atoms with van der Waals surface area (Å²) in [5, 5.41) is 3.05. The zero-order valence-corrected chi connectivity index (χ0v) is 17.9. The molecule has 148 valence electrons. The molecule has 0 radical (unpaired) electrons. The van der Waals surface area contributed by atoms with E-state index < -0.39 is 10.0 Å². The van der Waals surface area contributed by atoms with Gasteiger partial charge in [-0.25, -0.2) is 18.4 Å². The summed E-state index contributed by atoms with van der Waals surface area (Å²) in [6, 6.07) is 12.0. The van der Waals surface area contributed by atoms with Gasteiger partial charge < -0.3 is 4.98 Å². The minimum absolute atomic E-state index is 0.152. The number of H-pyrrole nitrogens is 1. The van der Waals surface area contributed by atoms with Gasteiger partial charge in [0.2, 0.25) is 0 Å². The van der Waals surface area contributed by atoms with Crippen LogP contribution in [0.25, 0.3) is 11.4 Å². The third-order valence-electron chi connectivity index (χ3n) is 4.10. The molecule has 4 rings (SSSR count). The molecule has 0 aliphatic rings. The van der Waals surface area contributed by atoms with Crippen LogP contribution in [0.5, 0.6) is 0 Å². The Morgan fingerprint density at radius 3 is 2.52 bits per heavy atom. The summed E-state index contributed by atoms with van der Waals surface area (Å²) in [5.41, 5.74) is 2.68. The zero-order valence-electron chi connectivity index (χ0n) is 14.8. The first kappa shape index (κ1) is 19.9. The van der Waals surface area contributed by atoms with E-state index in [1.54, 1.807) is 29.8 Å². The van der Waals surface area contributed by atoms with Gasteiger partial charge in [-0.15, -0.1) is 11.3 Å². The summed E-state index contributed by atoms with van der Waals surface area (Å²) in [6.45, 7) is 0. The number of rotatable bonds is 6. The monoisotopic (exact) mass is 464 g/mol. The van der Waals surface area contributed by atoms with Gasteiger partial charge in [0.05, 0.1) is 14.9 Å². The molecule has 2 aromatic heterocycles.